The van der Waals surface area contributed by atoms with Gasteiger partial charge in [0, 0.05) is 16.2 Å². The summed E-state index contributed by atoms with van der Waals surface area (Å²) in [4.78, 5) is 8.62. The molecule has 1 aromatic carbocycles. The summed E-state index contributed by atoms with van der Waals surface area (Å²) in [6.45, 7) is 2.03. The van der Waals surface area contributed by atoms with Crippen molar-refractivity contribution in [2.45, 2.75) is 30.2 Å². The third kappa shape index (κ3) is 4.89. The zero-order valence-corrected chi connectivity index (χ0v) is 12.7. The lowest BCUT2D eigenvalue weighted by Crippen LogP contribution is -1.99. The fourth-order valence-electron chi connectivity index (χ4n) is 1.78. The van der Waals surface area contributed by atoms with E-state index in [1.54, 1.807) is 18.2 Å². The van der Waals surface area contributed by atoms with Crippen LogP contribution in [-0.4, -0.2) is 15.5 Å². The molecule has 0 N–H and O–H groups in total. The van der Waals surface area contributed by atoms with E-state index in [9.17, 15) is 13.2 Å². The second-order valence-corrected chi connectivity index (χ2v) is 5.85. The highest BCUT2D eigenvalue weighted by molar-refractivity contribution is 8.00. The van der Waals surface area contributed by atoms with E-state index < -0.39 is 5.51 Å². The fourth-order valence-corrected chi connectivity index (χ4v) is 2.53. The van der Waals surface area contributed by atoms with Crippen molar-refractivity contribution >= 4 is 23.4 Å². The van der Waals surface area contributed by atoms with E-state index in [4.69, 9.17) is 11.6 Å². The summed E-state index contributed by atoms with van der Waals surface area (Å²) in [5.74, 6) is 0.425. The summed E-state index contributed by atoms with van der Waals surface area (Å²) < 4.78 is 36.8. The van der Waals surface area contributed by atoms with E-state index in [1.165, 1.54) is 12.1 Å². The number of halogens is 4. The molecule has 112 valence electrons. The molecule has 0 atom stereocenters. The van der Waals surface area contributed by atoms with E-state index in [0.717, 1.165) is 18.5 Å². The second kappa shape index (κ2) is 6.66. The molecule has 0 aliphatic heterocycles. The van der Waals surface area contributed by atoms with Gasteiger partial charge in [-0.3, -0.25) is 0 Å². The Morgan fingerprint density at radius 1 is 1.14 bits per heavy atom. The molecule has 0 bridgehead atoms. The molecule has 0 saturated carbocycles. The monoisotopic (exact) mass is 332 g/mol. The van der Waals surface area contributed by atoms with Crippen LogP contribution in [-0.2, 0) is 6.42 Å². The first kappa shape index (κ1) is 16.1. The fraction of sp³-hybridized carbons (Fsp3) is 0.286. The highest BCUT2D eigenvalue weighted by Crippen LogP contribution is 2.37. The lowest BCUT2D eigenvalue weighted by molar-refractivity contribution is -0.0328. The van der Waals surface area contributed by atoms with Gasteiger partial charge in [-0.25, -0.2) is 9.97 Å². The van der Waals surface area contributed by atoms with Crippen molar-refractivity contribution in [1.82, 2.24) is 9.97 Å². The van der Waals surface area contributed by atoms with Crippen LogP contribution in [0.2, 0.25) is 5.15 Å². The van der Waals surface area contributed by atoms with Gasteiger partial charge < -0.3 is 0 Å². The average molecular weight is 333 g/mol. The molecular weight excluding hydrogens is 321 g/mol. The molecule has 0 unspecified atom stereocenters. The van der Waals surface area contributed by atoms with Crippen molar-refractivity contribution in [2.75, 3.05) is 0 Å². The van der Waals surface area contributed by atoms with Gasteiger partial charge in [-0.1, -0.05) is 37.1 Å². The van der Waals surface area contributed by atoms with Crippen molar-refractivity contribution in [1.29, 1.82) is 0 Å². The SMILES string of the molecule is CCCc1cc(Cl)nc(-c2ccc(SC(F)(F)F)cc2)n1. The predicted molar refractivity (Wildman–Crippen MR) is 78.4 cm³/mol. The third-order valence-corrected chi connectivity index (χ3v) is 3.53. The number of benzene rings is 1. The van der Waals surface area contributed by atoms with Crippen molar-refractivity contribution in [2.24, 2.45) is 0 Å². The summed E-state index contributed by atoms with van der Waals surface area (Å²) in [5, 5.41) is 0.331. The number of alkyl halides is 3. The molecule has 0 amide bonds. The minimum absolute atomic E-state index is 0.127. The number of hydrogen-bond acceptors (Lipinski definition) is 3. The molecule has 2 nitrogen and oxygen atoms in total. The summed E-state index contributed by atoms with van der Waals surface area (Å²) in [7, 11) is 0. The molecule has 21 heavy (non-hydrogen) atoms. The lowest BCUT2D eigenvalue weighted by atomic mass is 10.2. The first-order chi connectivity index (χ1) is 9.87. The lowest BCUT2D eigenvalue weighted by Gasteiger charge is -2.07. The number of hydrogen-bond donors (Lipinski definition) is 0. The van der Waals surface area contributed by atoms with E-state index in [1.807, 2.05) is 6.92 Å². The van der Waals surface area contributed by atoms with Gasteiger partial charge in [0.05, 0.1) is 0 Å². The number of thioether (sulfide) groups is 1. The topological polar surface area (TPSA) is 25.8 Å². The number of rotatable bonds is 4. The molecule has 0 fully saturated rings. The van der Waals surface area contributed by atoms with Gasteiger partial charge in [0.1, 0.15) is 5.15 Å². The van der Waals surface area contributed by atoms with Crippen LogP contribution in [0.3, 0.4) is 0 Å². The average Bonchev–Trinajstić information content (AvgIpc) is 2.37. The van der Waals surface area contributed by atoms with Crippen LogP contribution >= 0.6 is 23.4 Å². The molecular formula is C14H12ClF3N2S. The van der Waals surface area contributed by atoms with Gasteiger partial charge >= 0.3 is 5.51 Å². The van der Waals surface area contributed by atoms with Crippen LogP contribution in [0.15, 0.2) is 35.2 Å². The Morgan fingerprint density at radius 2 is 1.81 bits per heavy atom. The Balaban J connectivity index is 2.26. The molecule has 0 radical (unpaired) electrons. The first-order valence-electron chi connectivity index (χ1n) is 6.27. The van der Waals surface area contributed by atoms with E-state index in [0.29, 0.717) is 16.5 Å². The van der Waals surface area contributed by atoms with Crippen molar-refractivity contribution in [3.05, 3.63) is 41.2 Å². The molecule has 7 heteroatoms. The van der Waals surface area contributed by atoms with Crippen LogP contribution in [0.5, 0.6) is 0 Å². The Labute approximate surface area is 129 Å². The van der Waals surface area contributed by atoms with Crippen LogP contribution in [0.4, 0.5) is 13.2 Å². The van der Waals surface area contributed by atoms with E-state index in [2.05, 4.69) is 9.97 Å². The second-order valence-electron chi connectivity index (χ2n) is 4.33. The molecule has 2 aromatic rings. The van der Waals surface area contributed by atoms with Gasteiger partial charge in [-0.2, -0.15) is 13.2 Å². The van der Waals surface area contributed by atoms with Crippen LogP contribution in [0.1, 0.15) is 19.0 Å². The molecule has 0 aliphatic carbocycles. The number of nitrogens with zero attached hydrogens (tertiary/aromatic N) is 2. The first-order valence-corrected chi connectivity index (χ1v) is 7.46. The Kier molecular flexibility index (Phi) is 5.11. The summed E-state index contributed by atoms with van der Waals surface area (Å²) in [6.07, 6.45) is 1.70. The maximum atomic E-state index is 12.3. The standard InChI is InChI=1S/C14H12ClF3N2S/c1-2-3-10-8-12(15)20-13(19-10)9-4-6-11(7-5-9)21-14(16,17)18/h4-8H,2-3H2,1H3. The van der Waals surface area contributed by atoms with Gasteiger partial charge in [-0.05, 0) is 36.4 Å². The van der Waals surface area contributed by atoms with Gasteiger partial charge in [0.15, 0.2) is 5.82 Å². The van der Waals surface area contributed by atoms with Gasteiger partial charge in [0.2, 0.25) is 0 Å². The smallest absolute Gasteiger partial charge is 0.233 e. The van der Waals surface area contributed by atoms with E-state index >= 15 is 0 Å². The molecule has 1 heterocycles. The maximum absolute atomic E-state index is 12.3. The van der Waals surface area contributed by atoms with Gasteiger partial charge in [0.25, 0.3) is 0 Å². The number of aromatic nitrogens is 2. The third-order valence-electron chi connectivity index (χ3n) is 2.60. The predicted octanol–water partition coefficient (Wildman–Crippen LogP) is 5.36. The zero-order valence-electron chi connectivity index (χ0n) is 11.1. The van der Waals surface area contributed by atoms with Crippen molar-refractivity contribution in [3.8, 4) is 11.4 Å². The van der Waals surface area contributed by atoms with Crippen molar-refractivity contribution < 1.29 is 13.2 Å². The largest absolute Gasteiger partial charge is 0.446 e. The molecule has 2 rings (SSSR count). The Morgan fingerprint density at radius 3 is 2.38 bits per heavy atom. The summed E-state index contributed by atoms with van der Waals surface area (Å²) >= 11 is 5.80. The van der Waals surface area contributed by atoms with Crippen molar-refractivity contribution in [3.63, 3.8) is 0 Å². The van der Waals surface area contributed by atoms with Crippen LogP contribution in [0, 0.1) is 0 Å². The van der Waals surface area contributed by atoms with Gasteiger partial charge in [-0.15, -0.1) is 0 Å². The minimum Gasteiger partial charge on any atom is -0.233 e. The highest BCUT2D eigenvalue weighted by Gasteiger charge is 2.29. The quantitative estimate of drug-likeness (QED) is 0.556. The molecule has 0 aliphatic rings. The van der Waals surface area contributed by atoms with Crippen LogP contribution < -0.4 is 0 Å². The van der Waals surface area contributed by atoms with Crippen LogP contribution in [0.25, 0.3) is 11.4 Å². The molecule has 0 spiro atoms. The Hall–Kier alpha value is -1.27. The minimum atomic E-state index is -4.29. The van der Waals surface area contributed by atoms with E-state index in [-0.39, 0.29) is 16.7 Å². The molecule has 1 aromatic heterocycles. The normalized spacial score (nSPS) is 11.7. The number of aryl methyl sites for hydroxylation is 1. The summed E-state index contributed by atoms with van der Waals surface area (Å²) in [5.41, 5.74) is -2.83. The Bertz CT molecular complexity index is 615. The zero-order chi connectivity index (χ0) is 15.5. The summed E-state index contributed by atoms with van der Waals surface area (Å²) in [6, 6.07) is 7.63. The highest BCUT2D eigenvalue weighted by atomic mass is 35.5. The maximum Gasteiger partial charge on any atom is 0.446 e. The molecule has 0 saturated heterocycles.